The van der Waals surface area contributed by atoms with Crippen molar-refractivity contribution in [1.29, 1.82) is 0 Å². The van der Waals surface area contributed by atoms with Crippen LogP contribution in [0, 0.1) is 6.92 Å². The third-order valence-corrected chi connectivity index (χ3v) is 9.27. The molecular weight excluding hydrogens is 550 g/mol. The molecule has 0 unspecified atom stereocenters. The first-order chi connectivity index (χ1) is 18.9. The van der Waals surface area contributed by atoms with E-state index in [9.17, 15) is 23.1 Å². The summed E-state index contributed by atoms with van der Waals surface area (Å²) in [6.07, 6.45) is 0.957. The number of hydrogen-bond donors (Lipinski definition) is 1. The van der Waals surface area contributed by atoms with Crippen LogP contribution in [0.1, 0.15) is 56.5 Å². The van der Waals surface area contributed by atoms with E-state index in [1.165, 1.54) is 36.6 Å². The van der Waals surface area contributed by atoms with Gasteiger partial charge in [-0.3, -0.25) is 9.59 Å². The summed E-state index contributed by atoms with van der Waals surface area (Å²) in [5.41, 5.74) is 2.94. The number of carbonyl (C=O) groups is 2. The number of rotatable bonds is 14. The Morgan fingerprint density at radius 1 is 1.10 bits per heavy atom. The van der Waals surface area contributed by atoms with E-state index >= 15 is 0 Å². The molecule has 0 spiro atoms. The summed E-state index contributed by atoms with van der Waals surface area (Å²) >= 11 is 1.24. The van der Waals surface area contributed by atoms with E-state index in [1.54, 1.807) is 43.2 Å². The van der Waals surface area contributed by atoms with Crippen molar-refractivity contribution in [2.75, 3.05) is 33.5 Å². The van der Waals surface area contributed by atoms with Gasteiger partial charge in [0.05, 0.1) is 13.7 Å². The van der Waals surface area contributed by atoms with Crippen molar-refractivity contribution in [3.05, 3.63) is 80.8 Å². The number of Topliss-reactive ketones (excluding diaryl/α,β-unsaturated/α-hetero) is 1. The SMILES string of the molecule is CCc1cccc(CCCN(Cc2nc(C(=O)CS(=O)(=O)N(C)C)c(C)s2)C(=O)[C@H](O)c2ccc(OC)cc2)c1. The van der Waals surface area contributed by atoms with Gasteiger partial charge in [0.2, 0.25) is 10.0 Å². The van der Waals surface area contributed by atoms with E-state index < -0.39 is 33.6 Å². The molecule has 11 heteroatoms. The highest BCUT2D eigenvalue weighted by Gasteiger charge is 2.27. The summed E-state index contributed by atoms with van der Waals surface area (Å²) in [7, 11) is 0.549. The quantitative estimate of drug-likeness (QED) is 0.285. The van der Waals surface area contributed by atoms with E-state index in [0.29, 0.717) is 34.2 Å². The minimum atomic E-state index is -3.74. The fourth-order valence-electron chi connectivity index (χ4n) is 4.15. The van der Waals surface area contributed by atoms with Crippen molar-refractivity contribution in [2.24, 2.45) is 0 Å². The lowest BCUT2D eigenvalue weighted by Crippen LogP contribution is -2.35. The second-order valence-electron chi connectivity index (χ2n) is 9.69. The van der Waals surface area contributed by atoms with Crippen LogP contribution < -0.4 is 4.74 Å². The third-order valence-electron chi connectivity index (χ3n) is 6.57. The predicted molar refractivity (Wildman–Crippen MR) is 156 cm³/mol. The molecule has 0 aliphatic heterocycles. The number of methoxy groups -OCH3 is 1. The van der Waals surface area contributed by atoms with Gasteiger partial charge in [-0.15, -0.1) is 11.3 Å². The van der Waals surface area contributed by atoms with Crippen LogP contribution >= 0.6 is 11.3 Å². The number of sulfonamides is 1. The Labute approximate surface area is 240 Å². The summed E-state index contributed by atoms with van der Waals surface area (Å²) in [6.45, 7) is 4.25. The van der Waals surface area contributed by atoms with E-state index in [2.05, 4.69) is 30.1 Å². The van der Waals surface area contributed by atoms with E-state index in [1.807, 2.05) is 6.07 Å². The molecule has 0 radical (unpaired) electrons. The van der Waals surface area contributed by atoms with Gasteiger partial charge in [0.25, 0.3) is 5.91 Å². The number of nitrogens with zero attached hydrogens (tertiary/aromatic N) is 3. The lowest BCUT2D eigenvalue weighted by molar-refractivity contribution is -0.141. The summed E-state index contributed by atoms with van der Waals surface area (Å²) < 4.78 is 30.6. The van der Waals surface area contributed by atoms with Crippen LogP contribution in [0.4, 0.5) is 0 Å². The molecule has 3 rings (SSSR count). The Balaban J connectivity index is 1.81. The highest BCUT2D eigenvalue weighted by atomic mass is 32.2. The van der Waals surface area contributed by atoms with Crippen LogP contribution in [0.3, 0.4) is 0 Å². The maximum Gasteiger partial charge on any atom is 0.256 e. The lowest BCUT2D eigenvalue weighted by atomic mass is 10.0. The Morgan fingerprint density at radius 2 is 1.77 bits per heavy atom. The van der Waals surface area contributed by atoms with Crippen molar-refractivity contribution in [3.8, 4) is 5.75 Å². The molecule has 1 heterocycles. The highest BCUT2D eigenvalue weighted by Crippen LogP contribution is 2.24. The molecule has 1 atom stereocenters. The largest absolute Gasteiger partial charge is 0.497 e. The first-order valence-electron chi connectivity index (χ1n) is 13.0. The van der Waals surface area contributed by atoms with Crippen LogP contribution in [0.25, 0.3) is 0 Å². The zero-order chi connectivity index (χ0) is 29.4. The summed E-state index contributed by atoms with van der Waals surface area (Å²) in [5.74, 6) is -1.15. The minimum absolute atomic E-state index is 0.0836. The average Bonchev–Trinajstić information content (AvgIpc) is 3.31. The number of thiazole rings is 1. The molecule has 40 heavy (non-hydrogen) atoms. The molecule has 0 saturated heterocycles. The number of aryl methyl sites for hydroxylation is 3. The number of ketones is 1. The normalized spacial score (nSPS) is 12.4. The van der Waals surface area contributed by atoms with Crippen LogP contribution in [-0.4, -0.2) is 72.9 Å². The van der Waals surface area contributed by atoms with Crippen molar-refractivity contribution < 1.29 is 27.9 Å². The Morgan fingerprint density at radius 3 is 2.40 bits per heavy atom. The number of benzene rings is 2. The van der Waals surface area contributed by atoms with Gasteiger partial charge in [-0.2, -0.15) is 0 Å². The second-order valence-corrected chi connectivity index (χ2v) is 13.2. The first-order valence-corrected chi connectivity index (χ1v) is 15.5. The summed E-state index contributed by atoms with van der Waals surface area (Å²) in [5, 5.41) is 11.4. The molecule has 0 saturated carbocycles. The van der Waals surface area contributed by atoms with Gasteiger partial charge in [0, 0.05) is 25.5 Å². The van der Waals surface area contributed by atoms with E-state index in [4.69, 9.17) is 4.74 Å². The van der Waals surface area contributed by atoms with Gasteiger partial charge >= 0.3 is 0 Å². The Bertz CT molecular complexity index is 1420. The molecule has 2 aromatic carbocycles. The minimum Gasteiger partial charge on any atom is -0.497 e. The van der Waals surface area contributed by atoms with Crippen molar-refractivity contribution in [3.63, 3.8) is 0 Å². The number of carbonyl (C=O) groups excluding carboxylic acids is 2. The maximum atomic E-state index is 13.5. The topological polar surface area (TPSA) is 117 Å². The molecule has 1 amide bonds. The van der Waals surface area contributed by atoms with Gasteiger partial charge in [-0.1, -0.05) is 43.3 Å². The lowest BCUT2D eigenvalue weighted by Gasteiger charge is -2.25. The Hall–Kier alpha value is -3.12. The van der Waals surface area contributed by atoms with Crippen LogP contribution in [0.2, 0.25) is 0 Å². The zero-order valence-electron chi connectivity index (χ0n) is 23.6. The third kappa shape index (κ3) is 8.20. The second kappa shape index (κ2) is 14.0. The molecule has 3 aromatic rings. The average molecular weight is 588 g/mol. The van der Waals surface area contributed by atoms with Crippen LogP contribution in [0.5, 0.6) is 5.75 Å². The number of amides is 1. The molecular formula is C29H37N3O6S2. The van der Waals surface area contributed by atoms with Gasteiger partial charge < -0.3 is 14.7 Å². The monoisotopic (exact) mass is 587 g/mol. The highest BCUT2D eigenvalue weighted by molar-refractivity contribution is 7.89. The number of hydrogen-bond acceptors (Lipinski definition) is 8. The first kappa shape index (κ1) is 31.4. The molecule has 1 N–H and O–H groups in total. The molecule has 9 nitrogen and oxygen atoms in total. The molecule has 216 valence electrons. The van der Waals surface area contributed by atoms with Crippen molar-refractivity contribution in [2.45, 2.75) is 45.8 Å². The Kier molecular flexibility index (Phi) is 11.0. The molecule has 0 fully saturated rings. The van der Waals surface area contributed by atoms with Crippen LogP contribution in [-0.2, 0) is 34.2 Å². The summed E-state index contributed by atoms with van der Waals surface area (Å²) in [4.78, 5) is 32.8. The number of aliphatic hydroxyl groups is 1. The fourth-order valence-corrected chi connectivity index (χ4v) is 5.85. The van der Waals surface area contributed by atoms with E-state index in [0.717, 1.165) is 17.1 Å². The standard InChI is InChI=1S/C29H37N3O6S2/c1-6-21-9-7-10-22(17-21)11-8-16-32(29(35)28(34)23-12-14-24(38-5)15-13-23)18-26-30-27(20(2)39-26)25(33)19-40(36,37)31(3)4/h7,9-10,12-15,17,28,34H,6,8,11,16,18-19H2,1-5H3/t28-/m1/s1. The number of ether oxygens (including phenoxy) is 1. The predicted octanol–water partition coefficient (Wildman–Crippen LogP) is 3.79. The molecule has 1 aromatic heterocycles. The molecule has 0 bridgehead atoms. The summed E-state index contributed by atoms with van der Waals surface area (Å²) in [6, 6.07) is 15.0. The van der Waals surface area contributed by atoms with Crippen molar-refractivity contribution >= 4 is 33.1 Å². The van der Waals surface area contributed by atoms with Gasteiger partial charge in [-0.05, 0) is 55.0 Å². The smallest absolute Gasteiger partial charge is 0.256 e. The van der Waals surface area contributed by atoms with Crippen molar-refractivity contribution in [1.82, 2.24) is 14.2 Å². The van der Waals surface area contributed by atoms with Gasteiger partial charge in [-0.25, -0.2) is 17.7 Å². The fraction of sp³-hybridized carbons (Fsp3) is 0.414. The number of aliphatic hydroxyl groups excluding tert-OH is 1. The maximum absolute atomic E-state index is 13.5. The van der Waals surface area contributed by atoms with Gasteiger partial charge in [0.15, 0.2) is 11.9 Å². The molecule has 0 aliphatic rings. The van der Waals surface area contributed by atoms with E-state index in [-0.39, 0.29) is 12.2 Å². The van der Waals surface area contributed by atoms with Gasteiger partial charge in [0.1, 0.15) is 22.2 Å². The molecule has 0 aliphatic carbocycles. The number of aromatic nitrogens is 1. The zero-order valence-corrected chi connectivity index (χ0v) is 25.2. The van der Waals surface area contributed by atoms with Crippen LogP contribution in [0.15, 0.2) is 48.5 Å².